The highest BCUT2D eigenvalue weighted by atomic mass is 16.5. The summed E-state index contributed by atoms with van der Waals surface area (Å²) in [6.45, 7) is 4.57. The Morgan fingerprint density at radius 2 is 2.16 bits per heavy atom. The minimum atomic E-state index is -0.00949. The topological polar surface area (TPSA) is 58.8 Å². The predicted molar refractivity (Wildman–Crippen MR) is 75.4 cm³/mol. The molecule has 1 aliphatic heterocycles. The molecular weight excluding hydrogens is 242 g/mol. The van der Waals surface area contributed by atoms with Crippen LogP contribution < -0.4 is 10.5 Å². The third-order valence-corrected chi connectivity index (χ3v) is 3.55. The summed E-state index contributed by atoms with van der Waals surface area (Å²) in [6.07, 6.45) is 0. The van der Waals surface area contributed by atoms with Crippen molar-refractivity contribution in [2.45, 2.75) is 13.0 Å². The van der Waals surface area contributed by atoms with Crippen LogP contribution in [-0.2, 0) is 0 Å². The number of nitrogens with zero attached hydrogens (tertiary/aromatic N) is 2. The lowest BCUT2D eigenvalue weighted by Crippen LogP contribution is -2.52. The Kier molecular flexibility index (Phi) is 3.95. The molecule has 1 amide bonds. The fourth-order valence-corrected chi connectivity index (χ4v) is 2.49. The van der Waals surface area contributed by atoms with Crippen molar-refractivity contribution in [3.8, 4) is 5.75 Å². The van der Waals surface area contributed by atoms with Crippen molar-refractivity contribution in [2.75, 3.05) is 39.5 Å². The predicted octanol–water partition coefficient (Wildman–Crippen LogP) is 1.05. The van der Waals surface area contributed by atoms with Crippen molar-refractivity contribution in [3.05, 3.63) is 23.8 Å². The van der Waals surface area contributed by atoms with Crippen LogP contribution in [0.4, 0.5) is 5.69 Å². The van der Waals surface area contributed by atoms with Crippen LogP contribution in [0.2, 0.25) is 0 Å². The number of piperazine rings is 1. The van der Waals surface area contributed by atoms with Gasteiger partial charge in [0, 0.05) is 31.4 Å². The molecule has 104 valence electrons. The van der Waals surface area contributed by atoms with Crippen LogP contribution in [0.25, 0.3) is 0 Å². The van der Waals surface area contributed by atoms with Gasteiger partial charge >= 0.3 is 0 Å². The number of nitrogen functional groups attached to an aromatic ring is 1. The molecule has 1 aromatic carbocycles. The zero-order valence-corrected chi connectivity index (χ0v) is 11.7. The van der Waals surface area contributed by atoms with Crippen molar-refractivity contribution in [1.29, 1.82) is 0 Å². The van der Waals surface area contributed by atoms with Gasteiger partial charge in [-0.3, -0.25) is 4.79 Å². The first-order valence-corrected chi connectivity index (χ1v) is 6.46. The third-order valence-electron chi connectivity index (χ3n) is 3.55. The summed E-state index contributed by atoms with van der Waals surface area (Å²) in [4.78, 5) is 16.7. The van der Waals surface area contributed by atoms with E-state index in [1.54, 1.807) is 25.3 Å². The van der Waals surface area contributed by atoms with Crippen molar-refractivity contribution in [2.24, 2.45) is 0 Å². The Bertz CT molecular complexity index is 476. The van der Waals surface area contributed by atoms with Gasteiger partial charge in [0.05, 0.1) is 12.7 Å². The van der Waals surface area contributed by atoms with Gasteiger partial charge in [-0.2, -0.15) is 0 Å². The van der Waals surface area contributed by atoms with Gasteiger partial charge < -0.3 is 20.3 Å². The van der Waals surface area contributed by atoms with E-state index in [0.717, 1.165) is 19.6 Å². The number of amides is 1. The fourth-order valence-electron chi connectivity index (χ4n) is 2.49. The lowest BCUT2D eigenvalue weighted by Gasteiger charge is -2.38. The number of anilines is 1. The molecule has 0 aromatic heterocycles. The van der Waals surface area contributed by atoms with Gasteiger partial charge in [-0.15, -0.1) is 0 Å². The number of rotatable bonds is 2. The second-order valence-electron chi connectivity index (χ2n) is 5.07. The van der Waals surface area contributed by atoms with Crippen LogP contribution in [0.1, 0.15) is 17.3 Å². The maximum absolute atomic E-state index is 12.6. The highest BCUT2D eigenvalue weighted by Gasteiger charge is 2.28. The number of benzene rings is 1. The van der Waals surface area contributed by atoms with Crippen LogP contribution in [-0.4, -0.2) is 55.5 Å². The second kappa shape index (κ2) is 5.48. The number of hydrogen-bond donors (Lipinski definition) is 1. The molecule has 0 spiro atoms. The Morgan fingerprint density at radius 3 is 2.79 bits per heavy atom. The monoisotopic (exact) mass is 263 g/mol. The van der Waals surface area contributed by atoms with Crippen LogP contribution in [0, 0.1) is 0 Å². The SMILES string of the molecule is COc1ccc(N)cc1C(=O)N1CCN(C)CC1C. The lowest BCUT2D eigenvalue weighted by molar-refractivity contribution is 0.0530. The highest BCUT2D eigenvalue weighted by molar-refractivity contribution is 5.98. The van der Waals surface area contributed by atoms with Crippen molar-refractivity contribution in [1.82, 2.24) is 9.80 Å². The first kappa shape index (κ1) is 13.7. The Hall–Kier alpha value is -1.75. The van der Waals surface area contributed by atoms with Crippen LogP contribution in [0.5, 0.6) is 5.75 Å². The Labute approximate surface area is 113 Å². The van der Waals surface area contributed by atoms with Gasteiger partial charge in [0.25, 0.3) is 5.91 Å². The molecule has 1 atom stereocenters. The van der Waals surface area contributed by atoms with E-state index in [1.165, 1.54) is 0 Å². The summed E-state index contributed by atoms with van der Waals surface area (Å²) in [5.74, 6) is 0.565. The molecule has 0 radical (unpaired) electrons. The number of carbonyl (C=O) groups excluding carboxylic acids is 1. The van der Waals surface area contributed by atoms with Gasteiger partial charge in [0.2, 0.25) is 0 Å². The molecule has 1 fully saturated rings. The number of methoxy groups -OCH3 is 1. The summed E-state index contributed by atoms with van der Waals surface area (Å²) in [6, 6.07) is 5.36. The summed E-state index contributed by atoms with van der Waals surface area (Å²) in [5.41, 5.74) is 6.89. The average molecular weight is 263 g/mol. The van der Waals surface area contributed by atoms with Crippen molar-refractivity contribution >= 4 is 11.6 Å². The van der Waals surface area contributed by atoms with Crippen molar-refractivity contribution in [3.63, 3.8) is 0 Å². The molecule has 5 nitrogen and oxygen atoms in total. The average Bonchev–Trinajstić information content (AvgIpc) is 2.38. The molecule has 0 saturated carbocycles. The van der Waals surface area contributed by atoms with Crippen LogP contribution in [0.15, 0.2) is 18.2 Å². The van der Waals surface area contributed by atoms with E-state index in [9.17, 15) is 4.79 Å². The maximum atomic E-state index is 12.6. The van der Waals surface area contributed by atoms with Gasteiger partial charge in [-0.1, -0.05) is 0 Å². The third kappa shape index (κ3) is 2.81. The van der Waals surface area contributed by atoms with Gasteiger partial charge in [-0.05, 0) is 32.2 Å². The standard InChI is InChI=1S/C14H21N3O2/c1-10-9-16(2)6-7-17(10)14(18)12-8-11(15)4-5-13(12)19-3/h4-5,8,10H,6-7,9,15H2,1-3H3. The van der Waals surface area contributed by atoms with Gasteiger partial charge in [0.15, 0.2) is 0 Å². The molecule has 1 aliphatic rings. The number of carbonyl (C=O) groups is 1. The minimum absolute atomic E-state index is 0.00949. The smallest absolute Gasteiger partial charge is 0.258 e. The highest BCUT2D eigenvalue weighted by Crippen LogP contribution is 2.24. The van der Waals surface area contributed by atoms with Crippen molar-refractivity contribution < 1.29 is 9.53 Å². The summed E-state index contributed by atoms with van der Waals surface area (Å²) < 4.78 is 5.26. The second-order valence-corrected chi connectivity index (χ2v) is 5.07. The van der Waals surface area contributed by atoms with Gasteiger partial charge in [-0.25, -0.2) is 0 Å². The molecule has 2 rings (SSSR count). The number of hydrogen-bond acceptors (Lipinski definition) is 4. The Balaban J connectivity index is 2.26. The molecule has 0 aliphatic carbocycles. The van der Waals surface area contributed by atoms with E-state index >= 15 is 0 Å². The van der Waals surface area contributed by atoms with E-state index in [1.807, 2.05) is 4.90 Å². The summed E-state index contributed by atoms with van der Waals surface area (Å²) in [5, 5.41) is 0. The largest absolute Gasteiger partial charge is 0.496 e. The fraction of sp³-hybridized carbons (Fsp3) is 0.500. The van der Waals surface area contributed by atoms with E-state index in [0.29, 0.717) is 17.0 Å². The van der Waals surface area contributed by atoms with E-state index in [-0.39, 0.29) is 11.9 Å². The lowest BCUT2D eigenvalue weighted by atomic mass is 10.1. The van der Waals surface area contributed by atoms with E-state index < -0.39 is 0 Å². The molecule has 1 aromatic rings. The van der Waals surface area contributed by atoms with E-state index in [2.05, 4.69) is 18.9 Å². The molecule has 19 heavy (non-hydrogen) atoms. The van der Waals surface area contributed by atoms with E-state index in [4.69, 9.17) is 10.5 Å². The molecule has 1 unspecified atom stereocenters. The molecule has 1 saturated heterocycles. The number of ether oxygens (including phenoxy) is 1. The molecule has 0 bridgehead atoms. The number of nitrogens with two attached hydrogens (primary N) is 1. The normalized spacial score (nSPS) is 20.4. The van der Waals surface area contributed by atoms with Crippen LogP contribution in [0.3, 0.4) is 0 Å². The molecule has 5 heteroatoms. The zero-order valence-electron chi connectivity index (χ0n) is 11.7. The molecular formula is C14H21N3O2. The first-order chi connectivity index (χ1) is 9.02. The summed E-state index contributed by atoms with van der Waals surface area (Å²) in [7, 11) is 3.63. The molecule has 2 N–H and O–H groups in total. The zero-order chi connectivity index (χ0) is 14.0. The Morgan fingerprint density at radius 1 is 1.42 bits per heavy atom. The van der Waals surface area contributed by atoms with Gasteiger partial charge in [0.1, 0.15) is 5.75 Å². The summed E-state index contributed by atoms with van der Waals surface area (Å²) >= 11 is 0. The van der Waals surface area contributed by atoms with Crippen LogP contribution >= 0.6 is 0 Å². The first-order valence-electron chi connectivity index (χ1n) is 6.46. The number of likely N-dealkylation sites (N-methyl/N-ethyl adjacent to an activating group) is 1. The maximum Gasteiger partial charge on any atom is 0.258 e. The molecule has 1 heterocycles. The minimum Gasteiger partial charge on any atom is -0.496 e. The quantitative estimate of drug-likeness (QED) is 0.810.